The van der Waals surface area contributed by atoms with E-state index in [0.717, 1.165) is 23.1 Å². The van der Waals surface area contributed by atoms with Gasteiger partial charge in [0.25, 0.3) is 5.69 Å². The zero-order valence-electron chi connectivity index (χ0n) is 11.3. The van der Waals surface area contributed by atoms with E-state index in [-0.39, 0.29) is 10.6 Å². The topological polar surface area (TPSA) is 46.4 Å². The van der Waals surface area contributed by atoms with Gasteiger partial charge in [0.2, 0.25) is 0 Å². The van der Waals surface area contributed by atoms with E-state index in [1.54, 1.807) is 12.1 Å². The number of rotatable bonds is 3. The smallest absolute Gasteiger partial charge is 0.269 e. The zero-order valence-corrected chi connectivity index (χ0v) is 12.9. The Labute approximate surface area is 122 Å². The molecule has 1 aliphatic rings. The minimum absolute atomic E-state index is 0.163. The van der Waals surface area contributed by atoms with Crippen LogP contribution in [-0.4, -0.2) is 22.4 Å². The molecule has 2 rings (SSSR count). The Hall–Kier alpha value is -0.940. The summed E-state index contributed by atoms with van der Waals surface area (Å²) < 4.78 is 0.948. The third-order valence-electron chi connectivity index (χ3n) is 4.12. The lowest BCUT2D eigenvalue weighted by Crippen LogP contribution is -2.41. The molecule has 19 heavy (non-hydrogen) atoms. The van der Waals surface area contributed by atoms with Gasteiger partial charge >= 0.3 is 0 Å². The lowest BCUT2D eigenvalue weighted by atomic mass is 9.92. The molecule has 5 heteroatoms. The van der Waals surface area contributed by atoms with E-state index in [0.29, 0.717) is 12.0 Å². The zero-order chi connectivity index (χ0) is 14.0. The van der Waals surface area contributed by atoms with Gasteiger partial charge < -0.3 is 0 Å². The first-order valence-corrected chi connectivity index (χ1v) is 7.45. The molecule has 104 valence electrons. The number of nitro groups is 1. The molecule has 1 fully saturated rings. The van der Waals surface area contributed by atoms with Gasteiger partial charge in [-0.15, -0.1) is 0 Å². The van der Waals surface area contributed by atoms with Crippen molar-refractivity contribution in [2.45, 2.75) is 39.3 Å². The number of nitrogens with zero attached hydrogens (tertiary/aromatic N) is 2. The summed E-state index contributed by atoms with van der Waals surface area (Å²) >= 11 is 3.49. The Morgan fingerprint density at radius 1 is 1.47 bits per heavy atom. The van der Waals surface area contributed by atoms with Crippen LogP contribution in [0.3, 0.4) is 0 Å². The van der Waals surface area contributed by atoms with Crippen molar-refractivity contribution >= 4 is 21.6 Å². The summed E-state index contributed by atoms with van der Waals surface area (Å²) in [5, 5.41) is 10.8. The Balaban J connectivity index is 2.18. The van der Waals surface area contributed by atoms with Crippen LogP contribution < -0.4 is 0 Å². The maximum atomic E-state index is 10.8. The average Bonchev–Trinajstić information content (AvgIpc) is 2.37. The van der Waals surface area contributed by atoms with Gasteiger partial charge in [0.1, 0.15) is 0 Å². The lowest BCUT2D eigenvalue weighted by Gasteiger charge is -2.38. The highest BCUT2D eigenvalue weighted by Crippen LogP contribution is 2.28. The molecule has 0 saturated carbocycles. The van der Waals surface area contributed by atoms with Gasteiger partial charge in [0, 0.05) is 29.2 Å². The molecule has 0 amide bonds. The van der Waals surface area contributed by atoms with E-state index in [1.807, 2.05) is 0 Å². The summed E-state index contributed by atoms with van der Waals surface area (Å²) in [5.41, 5.74) is 1.16. The fourth-order valence-corrected chi connectivity index (χ4v) is 3.03. The number of piperidine rings is 1. The number of nitro benzene ring substituents is 1. The summed E-state index contributed by atoms with van der Waals surface area (Å²) in [6, 6.07) is 5.51. The summed E-state index contributed by atoms with van der Waals surface area (Å²) in [7, 11) is 0. The molecular weight excluding hydrogens is 308 g/mol. The molecule has 1 aromatic rings. The van der Waals surface area contributed by atoms with Gasteiger partial charge in [-0.3, -0.25) is 15.0 Å². The second kappa shape index (κ2) is 6.01. The first kappa shape index (κ1) is 14.5. The number of benzene rings is 1. The van der Waals surface area contributed by atoms with Crippen molar-refractivity contribution in [1.82, 2.24) is 4.90 Å². The van der Waals surface area contributed by atoms with Crippen molar-refractivity contribution < 1.29 is 4.92 Å². The fourth-order valence-electron chi connectivity index (χ4n) is 2.66. The maximum absolute atomic E-state index is 10.8. The Kier molecular flexibility index (Phi) is 4.58. The molecular formula is C14H19BrN2O2. The first-order valence-electron chi connectivity index (χ1n) is 6.66. The van der Waals surface area contributed by atoms with Gasteiger partial charge in [-0.25, -0.2) is 0 Å². The summed E-state index contributed by atoms with van der Waals surface area (Å²) in [5.74, 6) is 0.686. The monoisotopic (exact) mass is 326 g/mol. The van der Waals surface area contributed by atoms with Gasteiger partial charge in [-0.05, 0) is 43.9 Å². The Morgan fingerprint density at radius 2 is 2.21 bits per heavy atom. The van der Waals surface area contributed by atoms with Crippen LogP contribution in [0.2, 0.25) is 0 Å². The number of likely N-dealkylation sites (tertiary alicyclic amines) is 1. The second-order valence-corrected chi connectivity index (χ2v) is 6.22. The average molecular weight is 327 g/mol. The molecule has 1 heterocycles. The molecule has 0 aromatic heterocycles. The van der Waals surface area contributed by atoms with Crippen LogP contribution in [0, 0.1) is 16.0 Å². The van der Waals surface area contributed by atoms with Crippen molar-refractivity contribution in [3.63, 3.8) is 0 Å². The quantitative estimate of drug-likeness (QED) is 0.623. The minimum atomic E-state index is -0.335. The maximum Gasteiger partial charge on any atom is 0.269 e. The van der Waals surface area contributed by atoms with Crippen LogP contribution in [0.4, 0.5) is 5.69 Å². The summed E-state index contributed by atoms with van der Waals surface area (Å²) in [4.78, 5) is 12.9. The van der Waals surface area contributed by atoms with Crippen LogP contribution >= 0.6 is 15.9 Å². The van der Waals surface area contributed by atoms with Crippen molar-refractivity contribution in [3.8, 4) is 0 Å². The molecule has 0 aliphatic carbocycles. The van der Waals surface area contributed by atoms with Crippen LogP contribution in [0.15, 0.2) is 22.7 Å². The van der Waals surface area contributed by atoms with Crippen molar-refractivity contribution in [3.05, 3.63) is 38.3 Å². The van der Waals surface area contributed by atoms with Crippen LogP contribution in [0.1, 0.15) is 32.3 Å². The van der Waals surface area contributed by atoms with Crippen molar-refractivity contribution in [1.29, 1.82) is 0 Å². The van der Waals surface area contributed by atoms with Crippen LogP contribution in [-0.2, 0) is 6.54 Å². The normalized spacial score (nSPS) is 24.4. The fraction of sp³-hybridized carbons (Fsp3) is 0.571. The molecule has 1 saturated heterocycles. The molecule has 0 spiro atoms. The number of non-ortho nitro benzene ring substituents is 1. The standard InChI is InChI=1S/C14H19BrN2O2/c1-10-4-3-7-16(11(10)2)9-12-8-13(17(18)19)5-6-14(12)15/h5-6,8,10-11H,3-4,7,9H2,1-2H3. The third kappa shape index (κ3) is 3.34. The van der Waals surface area contributed by atoms with Crippen LogP contribution in [0.25, 0.3) is 0 Å². The Bertz CT molecular complexity index is 479. The number of halogens is 1. The molecule has 1 aromatic carbocycles. The second-order valence-electron chi connectivity index (χ2n) is 5.36. The molecule has 2 unspecified atom stereocenters. The van der Waals surface area contributed by atoms with E-state index < -0.39 is 0 Å². The van der Waals surface area contributed by atoms with E-state index >= 15 is 0 Å². The SMILES string of the molecule is CC1CCCN(Cc2cc([N+](=O)[O-])ccc2Br)C1C. The largest absolute Gasteiger partial charge is 0.296 e. The Morgan fingerprint density at radius 3 is 2.89 bits per heavy atom. The predicted octanol–water partition coefficient (Wildman–Crippen LogP) is 3.98. The van der Waals surface area contributed by atoms with Gasteiger partial charge in [-0.2, -0.15) is 0 Å². The first-order chi connectivity index (χ1) is 8.99. The van der Waals surface area contributed by atoms with E-state index in [4.69, 9.17) is 0 Å². The van der Waals surface area contributed by atoms with E-state index in [2.05, 4.69) is 34.7 Å². The summed E-state index contributed by atoms with van der Waals surface area (Å²) in [6.07, 6.45) is 2.48. The summed E-state index contributed by atoms with van der Waals surface area (Å²) in [6.45, 7) is 6.36. The van der Waals surface area contributed by atoms with E-state index in [1.165, 1.54) is 18.9 Å². The molecule has 1 aliphatic heterocycles. The molecule has 2 atom stereocenters. The minimum Gasteiger partial charge on any atom is -0.296 e. The lowest BCUT2D eigenvalue weighted by molar-refractivity contribution is -0.384. The van der Waals surface area contributed by atoms with Gasteiger partial charge in [0.05, 0.1) is 4.92 Å². The molecule has 0 bridgehead atoms. The van der Waals surface area contributed by atoms with Gasteiger partial charge in [0.15, 0.2) is 0 Å². The highest BCUT2D eigenvalue weighted by atomic mass is 79.9. The molecule has 0 radical (unpaired) electrons. The highest BCUT2D eigenvalue weighted by Gasteiger charge is 2.25. The number of hydrogen-bond donors (Lipinski definition) is 0. The van der Waals surface area contributed by atoms with Crippen molar-refractivity contribution in [2.75, 3.05) is 6.54 Å². The van der Waals surface area contributed by atoms with Crippen molar-refractivity contribution in [2.24, 2.45) is 5.92 Å². The molecule has 0 N–H and O–H groups in total. The predicted molar refractivity (Wildman–Crippen MR) is 79.1 cm³/mol. The third-order valence-corrected chi connectivity index (χ3v) is 4.89. The number of hydrogen-bond acceptors (Lipinski definition) is 3. The van der Waals surface area contributed by atoms with Gasteiger partial charge in [-0.1, -0.05) is 22.9 Å². The highest BCUT2D eigenvalue weighted by molar-refractivity contribution is 9.10. The van der Waals surface area contributed by atoms with Crippen LogP contribution in [0.5, 0.6) is 0 Å². The molecule has 4 nitrogen and oxygen atoms in total. The van der Waals surface area contributed by atoms with E-state index in [9.17, 15) is 10.1 Å².